The van der Waals surface area contributed by atoms with Gasteiger partial charge in [-0.1, -0.05) is 67.2 Å². The van der Waals surface area contributed by atoms with Gasteiger partial charge in [-0.3, -0.25) is 0 Å². The fourth-order valence-electron chi connectivity index (χ4n) is 1.75. The second-order valence-electron chi connectivity index (χ2n) is 3.66. The zero-order chi connectivity index (χ0) is 12.1. The maximum absolute atomic E-state index is 10.8. The molecule has 0 saturated carbocycles. The zero-order valence-electron chi connectivity index (χ0n) is 9.41. The molecule has 0 aliphatic heterocycles. The summed E-state index contributed by atoms with van der Waals surface area (Å²) in [5, 5.41) is 1.62. The summed E-state index contributed by atoms with van der Waals surface area (Å²) in [4.78, 5) is 10.8. The Morgan fingerprint density at radius 1 is 0.882 bits per heavy atom. The first kappa shape index (κ1) is 11.6. The standard InChI is InChI=1S/C14H14O2Si/c1-2-16-17(15,13-9-5-3-6-10-13)14-11-7-4-8-12-14/h2-12,15H,1H2. The molecule has 2 rings (SSSR count). The molecule has 2 nitrogen and oxygen atoms in total. The molecule has 17 heavy (non-hydrogen) atoms. The minimum atomic E-state index is -3.12. The predicted octanol–water partition coefficient (Wildman–Crippen LogP) is 1.40. The molecular formula is C14H14O2Si. The van der Waals surface area contributed by atoms with Crippen molar-refractivity contribution in [3.05, 3.63) is 73.5 Å². The third-order valence-corrected chi connectivity index (χ3v) is 5.32. The van der Waals surface area contributed by atoms with Gasteiger partial charge in [-0.15, -0.1) is 0 Å². The molecule has 1 N–H and O–H groups in total. The van der Waals surface area contributed by atoms with Crippen LogP contribution in [0.2, 0.25) is 0 Å². The fourth-order valence-corrected chi connectivity index (χ4v) is 3.89. The molecule has 2 aromatic carbocycles. The summed E-state index contributed by atoms with van der Waals surface area (Å²) in [5.41, 5.74) is 0. The van der Waals surface area contributed by atoms with Gasteiger partial charge in [0.15, 0.2) is 0 Å². The molecule has 0 radical (unpaired) electrons. The first-order valence-electron chi connectivity index (χ1n) is 5.39. The van der Waals surface area contributed by atoms with Gasteiger partial charge in [-0.25, -0.2) is 0 Å². The SMILES string of the molecule is C=CO[Si](O)(c1ccccc1)c1ccccc1. The van der Waals surface area contributed by atoms with E-state index in [0.29, 0.717) is 0 Å². The average molecular weight is 242 g/mol. The summed E-state index contributed by atoms with van der Waals surface area (Å²) in [7, 11) is -3.12. The van der Waals surface area contributed by atoms with Crippen molar-refractivity contribution in [2.24, 2.45) is 0 Å². The Hall–Kier alpha value is -1.84. The van der Waals surface area contributed by atoms with Crippen LogP contribution in [0.1, 0.15) is 0 Å². The molecule has 2 aromatic rings. The summed E-state index contributed by atoms with van der Waals surface area (Å²) >= 11 is 0. The van der Waals surface area contributed by atoms with E-state index in [9.17, 15) is 4.80 Å². The Bertz CT molecular complexity index is 443. The van der Waals surface area contributed by atoms with Crippen LogP contribution in [0.4, 0.5) is 0 Å². The molecule has 0 heterocycles. The Balaban J connectivity index is 2.50. The van der Waals surface area contributed by atoms with Gasteiger partial charge in [-0.2, -0.15) is 0 Å². The molecule has 0 spiro atoms. The fraction of sp³-hybridized carbons (Fsp3) is 0. The minimum absolute atomic E-state index is 0.811. The largest absolute Gasteiger partial charge is 0.521 e. The molecule has 0 aliphatic carbocycles. The van der Waals surface area contributed by atoms with E-state index < -0.39 is 8.56 Å². The molecule has 0 aromatic heterocycles. The van der Waals surface area contributed by atoms with Crippen LogP contribution in [-0.2, 0) is 4.43 Å². The quantitative estimate of drug-likeness (QED) is 0.648. The van der Waals surface area contributed by atoms with Gasteiger partial charge in [0.2, 0.25) is 0 Å². The van der Waals surface area contributed by atoms with Crippen molar-refractivity contribution >= 4 is 18.9 Å². The Labute approximate surface area is 102 Å². The van der Waals surface area contributed by atoms with Gasteiger partial charge in [0, 0.05) is 10.4 Å². The van der Waals surface area contributed by atoms with E-state index in [1.165, 1.54) is 6.26 Å². The van der Waals surface area contributed by atoms with Crippen molar-refractivity contribution in [1.29, 1.82) is 0 Å². The predicted molar refractivity (Wildman–Crippen MR) is 71.4 cm³/mol. The van der Waals surface area contributed by atoms with E-state index >= 15 is 0 Å². The van der Waals surface area contributed by atoms with Gasteiger partial charge in [0.05, 0.1) is 6.26 Å². The van der Waals surface area contributed by atoms with Crippen LogP contribution in [0.15, 0.2) is 73.5 Å². The van der Waals surface area contributed by atoms with E-state index in [1.54, 1.807) is 0 Å². The Morgan fingerprint density at radius 2 is 1.29 bits per heavy atom. The molecule has 3 heteroatoms. The highest BCUT2D eigenvalue weighted by atomic mass is 28.4. The van der Waals surface area contributed by atoms with Crippen LogP contribution in [0.3, 0.4) is 0 Å². The molecule has 86 valence electrons. The van der Waals surface area contributed by atoms with Crippen molar-refractivity contribution in [3.63, 3.8) is 0 Å². The highest BCUT2D eigenvalue weighted by Crippen LogP contribution is 2.04. The lowest BCUT2D eigenvalue weighted by Gasteiger charge is -2.23. The maximum Gasteiger partial charge on any atom is 0.465 e. The maximum atomic E-state index is 10.8. The van der Waals surface area contributed by atoms with E-state index in [1.807, 2.05) is 60.7 Å². The van der Waals surface area contributed by atoms with E-state index in [0.717, 1.165) is 10.4 Å². The van der Waals surface area contributed by atoms with Gasteiger partial charge in [0.1, 0.15) is 0 Å². The molecule has 0 atom stereocenters. The lowest BCUT2D eigenvalue weighted by Crippen LogP contribution is -2.60. The van der Waals surface area contributed by atoms with Crippen molar-refractivity contribution in [2.45, 2.75) is 0 Å². The van der Waals surface area contributed by atoms with Gasteiger partial charge in [-0.05, 0) is 0 Å². The number of benzene rings is 2. The van der Waals surface area contributed by atoms with Crippen LogP contribution < -0.4 is 10.4 Å². The lowest BCUT2D eigenvalue weighted by atomic mass is 10.4. The summed E-state index contributed by atoms with van der Waals surface area (Å²) in [6.07, 6.45) is 1.31. The first-order chi connectivity index (χ1) is 8.27. The van der Waals surface area contributed by atoms with Crippen LogP contribution in [0.25, 0.3) is 0 Å². The van der Waals surface area contributed by atoms with E-state index in [4.69, 9.17) is 4.43 Å². The monoisotopic (exact) mass is 242 g/mol. The summed E-state index contributed by atoms with van der Waals surface area (Å²) in [5.74, 6) is 0. The van der Waals surface area contributed by atoms with Gasteiger partial charge < -0.3 is 9.22 Å². The third kappa shape index (κ3) is 2.30. The van der Waals surface area contributed by atoms with Crippen LogP contribution >= 0.6 is 0 Å². The highest BCUT2D eigenvalue weighted by Gasteiger charge is 2.39. The van der Waals surface area contributed by atoms with E-state index in [2.05, 4.69) is 6.58 Å². The third-order valence-electron chi connectivity index (χ3n) is 2.58. The molecule has 0 aliphatic rings. The second kappa shape index (κ2) is 4.99. The molecule has 0 fully saturated rings. The van der Waals surface area contributed by atoms with Crippen molar-refractivity contribution in [2.75, 3.05) is 0 Å². The topological polar surface area (TPSA) is 29.5 Å². The Kier molecular flexibility index (Phi) is 3.42. The minimum Gasteiger partial charge on any atom is -0.521 e. The van der Waals surface area contributed by atoms with Crippen LogP contribution in [0, 0.1) is 0 Å². The van der Waals surface area contributed by atoms with Crippen LogP contribution in [0.5, 0.6) is 0 Å². The van der Waals surface area contributed by atoms with Crippen molar-refractivity contribution < 1.29 is 9.22 Å². The summed E-state index contributed by atoms with van der Waals surface area (Å²) in [6.45, 7) is 3.55. The van der Waals surface area contributed by atoms with Crippen molar-refractivity contribution in [3.8, 4) is 0 Å². The first-order valence-corrected chi connectivity index (χ1v) is 7.25. The van der Waals surface area contributed by atoms with Gasteiger partial charge in [0.25, 0.3) is 0 Å². The number of hydrogen-bond donors (Lipinski definition) is 1. The molecule has 0 unspecified atom stereocenters. The number of rotatable bonds is 4. The van der Waals surface area contributed by atoms with Gasteiger partial charge >= 0.3 is 8.56 Å². The smallest absolute Gasteiger partial charge is 0.465 e. The average Bonchev–Trinajstić information content (AvgIpc) is 2.41. The summed E-state index contributed by atoms with van der Waals surface area (Å²) < 4.78 is 5.46. The van der Waals surface area contributed by atoms with Crippen LogP contribution in [-0.4, -0.2) is 13.4 Å². The molecule has 0 saturated heterocycles. The molecular weight excluding hydrogens is 228 g/mol. The summed E-state index contributed by atoms with van der Waals surface area (Å²) in [6, 6.07) is 18.9. The second-order valence-corrected chi connectivity index (χ2v) is 6.34. The number of hydrogen-bond acceptors (Lipinski definition) is 2. The molecule has 0 amide bonds. The molecule has 0 bridgehead atoms. The zero-order valence-corrected chi connectivity index (χ0v) is 10.4. The van der Waals surface area contributed by atoms with E-state index in [-0.39, 0.29) is 0 Å². The van der Waals surface area contributed by atoms with Crippen molar-refractivity contribution in [1.82, 2.24) is 0 Å². The highest BCUT2D eigenvalue weighted by molar-refractivity contribution is 6.91. The normalized spacial score (nSPS) is 10.9. The lowest BCUT2D eigenvalue weighted by molar-refractivity contribution is 0.365. The Morgan fingerprint density at radius 3 is 1.65 bits per heavy atom.